The van der Waals surface area contributed by atoms with Gasteiger partial charge >= 0.3 is 6.03 Å². The normalized spacial score (nSPS) is 20.2. The molecule has 2 fully saturated rings. The molecule has 0 bridgehead atoms. The molecule has 25 heavy (non-hydrogen) atoms. The van der Waals surface area contributed by atoms with Crippen LogP contribution in [-0.2, 0) is 0 Å². The van der Waals surface area contributed by atoms with Gasteiger partial charge in [-0.3, -0.25) is 0 Å². The number of hydrogen-bond acceptors (Lipinski definition) is 1. The highest BCUT2D eigenvalue weighted by molar-refractivity contribution is 6.83. The minimum absolute atomic E-state index is 0.261. The van der Waals surface area contributed by atoms with E-state index >= 15 is 0 Å². The predicted molar refractivity (Wildman–Crippen MR) is 109 cm³/mol. The summed E-state index contributed by atoms with van der Waals surface area (Å²) in [4.78, 5) is 16.1. The number of anilines is 1. The fourth-order valence-electron chi connectivity index (χ4n) is 4.31. The number of carbonyl (C=O) groups is 1. The number of benzene rings is 1. The average Bonchev–Trinajstić information content (AvgIpc) is 3.41. The SMILES string of the molecule is CC(C1CC1)N(C(=O)N(c1ccccc1)[Si](C)(C)C)C1CCCCC1. The smallest absolute Gasteiger partial charge is 0.316 e. The van der Waals surface area contributed by atoms with Gasteiger partial charge in [-0.15, -0.1) is 0 Å². The summed E-state index contributed by atoms with van der Waals surface area (Å²) in [5.41, 5.74) is 1.07. The average molecular weight is 359 g/mol. The van der Waals surface area contributed by atoms with Gasteiger partial charge in [0.1, 0.15) is 0 Å². The number of rotatable bonds is 5. The Bertz CT molecular complexity index is 573. The van der Waals surface area contributed by atoms with Crippen LogP contribution in [0.5, 0.6) is 0 Å². The Hall–Kier alpha value is -1.29. The van der Waals surface area contributed by atoms with Crippen molar-refractivity contribution in [2.45, 2.75) is 83.6 Å². The third-order valence-corrected chi connectivity index (χ3v) is 7.60. The largest absolute Gasteiger partial charge is 0.323 e. The van der Waals surface area contributed by atoms with Crippen LogP contribution in [0.4, 0.5) is 10.5 Å². The molecule has 1 unspecified atom stereocenters. The molecular weight excluding hydrogens is 324 g/mol. The van der Waals surface area contributed by atoms with Crippen LogP contribution in [-0.4, -0.2) is 31.3 Å². The summed E-state index contributed by atoms with van der Waals surface area (Å²) >= 11 is 0. The van der Waals surface area contributed by atoms with Crippen molar-refractivity contribution < 1.29 is 4.79 Å². The van der Waals surface area contributed by atoms with Crippen molar-refractivity contribution in [3.8, 4) is 0 Å². The lowest BCUT2D eigenvalue weighted by Crippen LogP contribution is -2.60. The van der Waals surface area contributed by atoms with Crippen molar-refractivity contribution in [2.24, 2.45) is 5.92 Å². The van der Waals surface area contributed by atoms with Crippen LogP contribution in [0.25, 0.3) is 0 Å². The van der Waals surface area contributed by atoms with Crippen LogP contribution in [0.2, 0.25) is 19.6 Å². The Morgan fingerprint density at radius 1 is 1.00 bits per heavy atom. The lowest BCUT2D eigenvalue weighted by atomic mass is 9.93. The van der Waals surface area contributed by atoms with E-state index in [1.165, 1.54) is 44.9 Å². The molecule has 2 aliphatic rings. The van der Waals surface area contributed by atoms with E-state index in [-0.39, 0.29) is 6.03 Å². The van der Waals surface area contributed by atoms with Gasteiger partial charge in [-0.05, 0) is 50.7 Å². The molecule has 4 heteroatoms. The number of carbonyl (C=O) groups excluding carboxylic acids is 1. The zero-order chi connectivity index (χ0) is 18.0. The summed E-state index contributed by atoms with van der Waals surface area (Å²) in [6.07, 6.45) is 8.79. The summed E-state index contributed by atoms with van der Waals surface area (Å²) in [6.45, 7) is 9.12. The van der Waals surface area contributed by atoms with E-state index in [2.05, 4.69) is 48.2 Å². The maximum absolute atomic E-state index is 13.9. The number of urea groups is 1. The molecule has 0 spiro atoms. The number of amides is 2. The van der Waals surface area contributed by atoms with E-state index in [1.807, 2.05) is 18.2 Å². The topological polar surface area (TPSA) is 23.6 Å². The molecule has 1 aromatic carbocycles. The second-order valence-electron chi connectivity index (χ2n) is 8.90. The second-order valence-corrected chi connectivity index (χ2v) is 13.7. The minimum atomic E-state index is -1.83. The van der Waals surface area contributed by atoms with Crippen LogP contribution in [0.1, 0.15) is 51.9 Å². The zero-order valence-corrected chi connectivity index (χ0v) is 17.4. The van der Waals surface area contributed by atoms with Gasteiger partial charge in [0.05, 0.1) is 0 Å². The van der Waals surface area contributed by atoms with Crippen LogP contribution in [0.3, 0.4) is 0 Å². The van der Waals surface area contributed by atoms with Crippen molar-refractivity contribution in [1.29, 1.82) is 0 Å². The Kier molecular flexibility index (Phi) is 5.57. The Balaban J connectivity index is 1.92. The summed E-state index contributed by atoms with van der Waals surface area (Å²) < 4.78 is 2.15. The molecule has 0 heterocycles. The van der Waals surface area contributed by atoms with Gasteiger partial charge in [0.2, 0.25) is 0 Å². The highest BCUT2D eigenvalue weighted by Crippen LogP contribution is 2.39. The Morgan fingerprint density at radius 2 is 1.60 bits per heavy atom. The van der Waals surface area contributed by atoms with Crippen LogP contribution >= 0.6 is 0 Å². The summed E-state index contributed by atoms with van der Waals surface area (Å²) in [6, 6.07) is 11.4. The molecule has 0 saturated heterocycles. The van der Waals surface area contributed by atoms with Crippen LogP contribution in [0, 0.1) is 5.92 Å². The zero-order valence-electron chi connectivity index (χ0n) is 16.4. The minimum Gasteiger partial charge on any atom is -0.323 e. The third-order valence-electron chi connectivity index (χ3n) is 5.81. The molecule has 0 N–H and O–H groups in total. The van der Waals surface area contributed by atoms with E-state index < -0.39 is 8.24 Å². The van der Waals surface area contributed by atoms with E-state index in [1.54, 1.807) is 0 Å². The highest BCUT2D eigenvalue weighted by atomic mass is 28.3. The van der Waals surface area contributed by atoms with Gasteiger partial charge < -0.3 is 9.47 Å². The van der Waals surface area contributed by atoms with E-state index in [9.17, 15) is 4.79 Å². The third kappa shape index (κ3) is 4.28. The molecule has 2 amide bonds. The predicted octanol–water partition coefficient (Wildman–Crippen LogP) is 5.88. The molecule has 3 rings (SSSR count). The molecule has 0 aromatic heterocycles. The molecule has 1 aromatic rings. The first-order valence-electron chi connectivity index (χ1n) is 10.1. The Morgan fingerprint density at radius 3 is 2.12 bits per heavy atom. The van der Waals surface area contributed by atoms with Gasteiger partial charge in [-0.25, -0.2) is 4.79 Å². The van der Waals surface area contributed by atoms with E-state index in [0.29, 0.717) is 18.0 Å². The number of para-hydroxylation sites is 1. The Labute approximate surface area is 154 Å². The molecule has 0 aliphatic heterocycles. The van der Waals surface area contributed by atoms with E-state index in [0.717, 1.165) is 5.69 Å². The monoisotopic (exact) mass is 358 g/mol. The van der Waals surface area contributed by atoms with Crippen molar-refractivity contribution in [3.05, 3.63) is 30.3 Å². The summed E-state index contributed by atoms with van der Waals surface area (Å²) in [5.74, 6) is 0.713. The quantitative estimate of drug-likeness (QED) is 0.603. The first-order valence-corrected chi connectivity index (χ1v) is 13.5. The second kappa shape index (κ2) is 7.53. The fraction of sp³-hybridized carbons (Fsp3) is 0.667. The van der Waals surface area contributed by atoms with Gasteiger partial charge in [-0.2, -0.15) is 0 Å². The highest BCUT2D eigenvalue weighted by Gasteiger charge is 2.42. The molecular formula is C21H34N2OSi. The van der Waals surface area contributed by atoms with Crippen molar-refractivity contribution in [3.63, 3.8) is 0 Å². The summed E-state index contributed by atoms with van der Waals surface area (Å²) in [7, 11) is -1.83. The fourth-order valence-corrected chi connectivity index (χ4v) is 5.92. The van der Waals surface area contributed by atoms with Crippen molar-refractivity contribution in [2.75, 3.05) is 4.57 Å². The molecule has 2 saturated carbocycles. The molecule has 0 radical (unpaired) electrons. The summed E-state index contributed by atoms with van der Waals surface area (Å²) in [5, 5.41) is 0. The van der Waals surface area contributed by atoms with Crippen molar-refractivity contribution >= 4 is 20.0 Å². The maximum atomic E-state index is 13.9. The van der Waals surface area contributed by atoms with Crippen LogP contribution in [0.15, 0.2) is 30.3 Å². The number of nitrogens with zero attached hydrogens (tertiary/aromatic N) is 2. The standard InChI is InChI=1S/C21H34N2OSi/c1-17(18-15-16-18)22(19-11-7-5-8-12-19)21(24)23(25(2,3)4)20-13-9-6-10-14-20/h6,9-10,13-14,17-19H,5,7-8,11-12,15-16H2,1-4H3. The van der Waals surface area contributed by atoms with Gasteiger partial charge in [0, 0.05) is 17.8 Å². The van der Waals surface area contributed by atoms with Gasteiger partial charge in [-0.1, -0.05) is 57.1 Å². The first kappa shape index (κ1) is 18.5. The van der Waals surface area contributed by atoms with Gasteiger partial charge in [0.15, 0.2) is 8.24 Å². The molecule has 1 atom stereocenters. The first-order chi connectivity index (χ1) is 11.9. The van der Waals surface area contributed by atoms with E-state index in [4.69, 9.17) is 0 Å². The number of hydrogen-bond donors (Lipinski definition) is 0. The maximum Gasteiger partial charge on any atom is 0.316 e. The molecule has 2 aliphatic carbocycles. The lowest BCUT2D eigenvalue weighted by molar-refractivity contribution is 0.127. The lowest BCUT2D eigenvalue weighted by Gasteiger charge is -2.45. The molecule has 138 valence electrons. The molecule has 3 nitrogen and oxygen atoms in total. The van der Waals surface area contributed by atoms with Gasteiger partial charge in [0.25, 0.3) is 0 Å². The van der Waals surface area contributed by atoms with Crippen LogP contribution < -0.4 is 4.57 Å². The van der Waals surface area contributed by atoms with Crippen molar-refractivity contribution in [1.82, 2.24) is 4.90 Å².